The minimum Gasteiger partial charge on any atom is -0.357 e. The molecule has 3 aromatic rings. The molecule has 3 heterocycles. The van der Waals surface area contributed by atoms with Crippen LogP contribution in [-0.4, -0.2) is 34.6 Å². The Morgan fingerprint density at radius 3 is 2.57 bits per heavy atom. The van der Waals surface area contributed by atoms with Gasteiger partial charge in [-0.15, -0.1) is 22.7 Å². The maximum atomic E-state index is 12.2. The number of likely N-dealkylation sites (tertiary alicyclic amines) is 1. The maximum Gasteiger partial charge on any atom is 0.173 e. The molecule has 1 aromatic carbocycles. The first-order valence-electron chi connectivity index (χ1n) is 9.27. The molecule has 0 aliphatic carbocycles. The molecule has 0 atom stereocenters. The molecule has 4 nitrogen and oxygen atoms in total. The Bertz CT molecular complexity index is 987. The number of hydrogen-bond donors (Lipinski definition) is 1. The van der Waals surface area contributed by atoms with Crippen LogP contribution in [0.25, 0.3) is 10.6 Å². The average molecular weight is 430 g/mol. The zero-order valence-corrected chi connectivity index (χ0v) is 17.7. The van der Waals surface area contributed by atoms with Crippen molar-refractivity contribution in [3.8, 4) is 10.6 Å². The smallest absolute Gasteiger partial charge is 0.173 e. The van der Waals surface area contributed by atoms with Gasteiger partial charge in [-0.3, -0.25) is 10.2 Å². The lowest BCUT2D eigenvalue weighted by atomic mass is 10.1. The third kappa shape index (κ3) is 4.35. The van der Waals surface area contributed by atoms with Crippen molar-refractivity contribution in [3.63, 3.8) is 0 Å². The molecule has 144 valence electrons. The van der Waals surface area contributed by atoms with Crippen LogP contribution in [0.15, 0.2) is 41.8 Å². The van der Waals surface area contributed by atoms with Crippen LogP contribution < -0.4 is 0 Å². The lowest BCUT2D eigenvalue weighted by Gasteiger charge is -2.18. The zero-order valence-electron chi connectivity index (χ0n) is 15.3. The molecule has 1 N–H and O–H groups in total. The molecular formula is C21H20ClN3OS2. The fourth-order valence-corrected chi connectivity index (χ4v) is 5.15. The predicted molar refractivity (Wildman–Crippen MR) is 117 cm³/mol. The number of benzene rings is 1. The first kappa shape index (κ1) is 19.3. The van der Waals surface area contributed by atoms with E-state index in [1.54, 1.807) is 23.5 Å². The van der Waals surface area contributed by atoms with Gasteiger partial charge in [0, 0.05) is 36.0 Å². The standard InChI is InChI=1S/C21H20ClN3OS2/c22-19-10-9-18(28-19)17(26)8-7-16-13-27-21(24-16)15-5-3-14(4-6-15)20(23)25-11-1-2-12-25/h3-6,9-10,13,23H,1-2,7-8,11-12H2. The van der Waals surface area contributed by atoms with Crippen LogP contribution in [0.3, 0.4) is 0 Å². The molecular weight excluding hydrogens is 410 g/mol. The number of thiophene rings is 1. The summed E-state index contributed by atoms with van der Waals surface area (Å²) in [6.45, 7) is 1.96. The van der Waals surface area contributed by atoms with E-state index in [1.807, 2.05) is 29.6 Å². The van der Waals surface area contributed by atoms with Gasteiger partial charge in [-0.2, -0.15) is 0 Å². The Labute approximate surface area is 177 Å². The summed E-state index contributed by atoms with van der Waals surface area (Å²) >= 11 is 8.81. The summed E-state index contributed by atoms with van der Waals surface area (Å²) in [5.74, 6) is 0.715. The third-order valence-corrected chi connectivity index (χ3v) is 7.05. The van der Waals surface area contributed by atoms with Crippen molar-refractivity contribution in [3.05, 3.63) is 62.2 Å². The number of Topliss-reactive ketones (excluding diaryl/α,β-unsaturated/α-hetero) is 1. The Morgan fingerprint density at radius 2 is 1.89 bits per heavy atom. The number of nitrogens with zero attached hydrogens (tertiary/aromatic N) is 2. The topological polar surface area (TPSA) is 57.1 Å². The zero-order chi connectivity index (χ0) is 19.5. The van der Waals surface area contributed by atoms with Gasteiger partial charge in [0.1, 0.15) is 10.8 Å². The number of carbonyl (C=O) groups is 1. The summed E-state index contributed by atoms with van der Waals surface area (Å²) in [4.78, 5) is 19.7. The largest absolute Gasteiger partial charge is 0.357 e. The highest BCUT2D eigenvalue weighted by atomic mass is 35.5. The number of rotatable bonds is 6. The van der Waals surface area contributed by atoms with Crippen LogP contribution in [0, 0.1) is 5.41 Å². The third-order valence-electron chi connectivity index (χ3n) is 4.84. The summed E-state index contributed by atoms with van der Waals surface area (Å²) in [5.41, 5.74) is 2.93. The molecule has 0 saturated carbocycles. The van der Waals surface area contributed by atoms with Crippen molar-refractivity contribution in [2.24, 2.45) is 0 Å². The molecule has 2 aromatic heterocycles. The number of aryl methyl sites for hydroxylation is 1. The summed E-state index contributed by atoms with van der Waals surface area (Å²) in [6, 6.07) is 11.6. The first-order valence-corrected chi connectivity index (χ1v) is 11.3. The Hall–Kier alpha value is -2.02. The molecule has 0 unspecified atom stereocenters. The minimum atomic E-state index is 0.108. The predicted octanol–water partition coefficient (Wildman–Crippen LogP) is 5.76. The minimum absolute atomic E-state index is 0.108. The summed E-state index contributed by atoms with van der Waals surface area (Å²) in [5, 5.41) is 11.3. The molecule has 4 rings (SSSR count). The highest BCUT2D eigenvalue weighted by Gasteiger charge is 2.16. The van der Waals surface area contributed by atoms with Crippen LogP contribution in [0.2, 0.25) is 4.34 Å². The Morgan fingerprint density at radius 1 is 1.14 bits per heavy atom. The van der Waals surface area contributed by atoms with Crippen molar-refractivity contribution in [2.45, 2.75) is 25.7 Å². The maximum absolute atomic E-state index is 12.2. The highest BCUT2D eigenvalue weighted by molar-refractivity contribution is 7.18. The fourth-order valence-electron chi connectivity index (χ4n) is 3.28. The first-order chi connectivity index (χ1) is 13.6. The second-order valence-corrected chi connectivity index (χ2v) is 9.36. The van der Waals surface area contributed by atoms with Gasteiger partial charge in [0.05, 0.1) is 14.9 Å². The van der Waals surface area contributed by atoms with Crippen molar-refractivity contribution in [1.29, 1.82) is 5.41 Å². The molecule has 0 amide bonds. The van der Waals surface area contributed by atoms with Gasteiger partial charge < -0.3 is 4.90 Å². The van der Waals surface area contributed by atoms with E-state index in [2.05, 4.69) is 9.88 Å². The Kier molecular flexibility index (Phi) is 5.90. The van der Waals surface area contributed by atoms with Crippen molar-refractivity contribution in [1.82, 2.24) is 9.88 Å². The van der Waals surface area contributed by atoms with Crippen molar-refractivity contribution >= 4 is 45.9 Å². The van der Waals surface area contributed by atoms with Gasteiger partial charge in [0.15, 0.2) is 5.78 Å². The number of nitrogens with one attached hydrogen (secondary N) is 1. The number of aromatic nitrogens is 1. The second-order valence-electron chi connectivity index (χ2n) is 6.79. The number of halogens is 1. The van der Waals surface area contributed by atoms with E-state index in [0.717, 1.165) is 34.9 Å². The monoisotopic (exact) mass is 429 g/mol. The summed E-state index contributed by atoms with van der Waals surface area (Å²) in [6.07, 6.45) is 3.41. The van der Waals surface area contributed by atoms with Gasteiger partial charge in [-0.05, 0) is 31.4 Å². The molecule has 0 spiro atoms. The number of hydrogen-bond acceptors (Lipinski definition) is 5. The van der Waals surface area contributed by atoms with Gasteiger partial charge >= 0.3 is 0 Å². The molecule has 1 aliphatic rings. The number of thiazole rings is 1. The van der Waals surface area contributed by atoms with E-state index in [4.69, 9.17) is 17.0 Å². The molecule has 0 radical (unpaired) electrons. The van der Waals surface area contributed by atoms with E-state index < -0.39 is 0 Å². The van der Waals surface area contributed by atoms with Gasteiger partial charge in [0.2, 0.25) is 0 Å². The van der Waals surface area contributed by atoms with E-state index in [0.29, 0.717) is 27.9 Å². The highest BCUT2D eigenvalue weighted by Crippen LogP contribution is 2.26. The fraction of sp³-hybridized carbons (Fsp3) is 0.286. The Balaban J connectivity index is 1.38. The van der Waals surface area contributed by atoms with Crippen molar-refractivity contribution in [2.75, 3.05) is 13.1 Å². The molecule has 0 bridgehead atoms. The number of amidine groups is 1. The average Bonchev–Trinajstić information content (AvgIpc) is 3.47. The summed E-state index contributed by atoms with van der Waals surface area (Å²) in [7, 11) is 0. The van der Waals surface area contributed by atoms with Crippen LogP contribution in [0.4, 0.5) is 0 Å². The second kappa shape index (κ2) is 8.55. The molecule has 28 heavy (non-hydrogen) atoms. The van der Waals surface area contributed by atoms with Crippen LogP contribution in [0.1, 0.15) is 40.2 Å². The van der Waals surface area contributed by atoms with Crippen LogP contribution >= 0.6 is 34.3 Å². The van der Waals surface area contributed by atoms with Gasteiger partial charge in [-0.25, -0.2) is 4.98 Å². The van der Waals surface area contributed by atoms with E-state index in [1.165, 1.54) is 24.2 Å². The quantitative estimate of drug-likeness (QED) is 0.308. The lowest BCUT2D eigenvalue weighted by molar-refractivity contribution is 0.0986. The van der Waals surface area contributed by atoms with Gasteiger partial charge in [0.25, 0.3) is 0 Å². The van der Waals surface area contributed by atoms with Crippen molar-refractivity contribution < 1.29 is 4.79 Å². The number of ketones is 1. The van der Waals surface area contributed by atoms with Crippen LogP contribution in [0.5, 0.6) is 0 Å². The van der Waals surface area contributed by atoms with Crippen LogP contribution in [-0.2, 0) is 6.42 Å². The van der Waals surface area contributed by atoms with Gasteiger partial charge in [-0.1, -0.05) is 35.9 Å². The van der Waals surface area contributed by atoms with E-state index in [-0.39, 0.29) is 5.78 Å². The molecule has 1 aliphatic heterocycles. The number of carbonyl (C=O) groups excluding carboxylic acids is 1. The SMILES string of the molecule is N=C(c1ccc(-c2nc(CCC(=O)c3ccc(Cl)s3)cs2)cc1)N1CCCC1. The molecule has 1 fully saturated rings. The van der Waals surface area contributed by atoms with E-state index in [9.17, 15) is 4.79 Å². The summed E-state index contributed by atoms with van der Waals surface area (Å²) < 4.78 is 0.639. The molecule has 1 saturated heterocycles. The molecule has 7 heteroatoms. The normalized spacial score (nSPS) is 13.8. The van der Waals surface area contributed by atoms with E-state index >= 15 is 0 Å². The lowest BCUT2D eigenvalue weighted by Crippen LogP contribution is -2.27.